The van der Waals surface area contributed by atoms with E-state index in [0.29, 0.717) is 35.2 Å². The number of hydrogen-bond donors (Lipinski definition) is 2. The molecule has 3 aliphatic rings. The zero-order chi connectivity index (χ0) is 20.7. The van der Waals surface area contributed by atoms with Crippen molar-refractivity contribution in [3.63, 3.8) is 0 Å². The van der Waals surface area contributed by atoms with Crippen LogP contribution < -0.4 is 10.6 Å². The molecule has 2 aromatic carbocycles. The van der Waals surface area contributed by atoms with Crippen LogP contribution in [0.15, 0.2) is 47.4 Å². The lowest BCUT2D eigenvalue weighted by Gasteiger charge is -2.24. The molecule has 5 rings (SSSR count). The molecule has 2 aromatic rings. The Hall–Kier alpha value is -2.80. The zero-order valence-electron chi connectivity index (χ0n) is 16.5. The molecule has 154 valence electrons. The Balaban J connectivity index is 1.31. The molecule has 6 nitrogen and oxygen atoms in total. The smallest absolute Gasteiger partial charge is 0.254 e. The molecule has 7 heteroatoms. The van der Waals surface area contributed by atoms with Gasteiger partial charge in [-0.1, -0.05) is 12.1 Å². The fourth-order valence-electron chi connectivity index (χ4n) is 3.59. The van der Waals surface area contributed by atoms with Gasteiger partial charge in [-0.05, 0) is 61.6 Å². The summed E-state index contributed by atoms with van der Waals surface area (Å²) < 4.78 is 0. The number of carbonyl (C=O) groups is 3. The van der Waals surface area contributed by atoms with E-state index in [9.17, 15) is 14.4 Å². The molecular formula is C23H23N3O3S. The van der Waals surface area contributed by atoms with Crippen molar-refractivity contribution < 1.29 is 14.4 Å². The maximum Gasteiger partial charge on any atom is 0.254 e. The minimum Gasteiger partial charge on any atom is -0.349 e. The third-order valence-electron chi connectivity index (χ3n) is 5.59. The lowest BCUT2D eigenvalue weighted by atomic mass is 10.1. The highest BCUT2D eigenvalue weighted by Crippen LogP contribution is 2.34. The van der Waals surface area contributed by atoms with Crippen molar-refractivity contribution in [2.75, 3.05) is 11.1 Å². The van der Waals surface area contributed by atoms with Crippen LogP contribution in [0.25, 0.3) is 0 Å². The van der Waals surface area contributed by atoms with Crippen molar-refractivity contribution in [2.24, 2.45) is 0 Å². The number of amides is 3. The first kappa shape index (κ1) is 19.2. The number of benzene rings is 2. The number of carbonyl (C=O) groups excluding carboxylic acids is 3. The van der Waals surface area contributed by atoms with E-state index < -0.39 is 0 Å². The van der Waals surface area contributed by atoms with Gasteiger partial charge in [0.2, 0.25) is 5.91 Å². The van der Waals surface area contributed by atoms with Gasteiger partial charge in [0.1, 0.15) is 0 Å². The Bertz CT molecular complexity index is 1010. The van der Waals surface area contributed by atoms with E-state index in [4.69, 9.17) is 0 Å². The van der Waals surface area contributed by atoms with Crippen LogP contribution in [0.4, 0.5) is 5.69 Å². The molecule has 2 aliphatic carbocycles. The number of hydrogen-bond acceptors (Lipinski definition) is 4. The molecule has 0 radical (unpaired) electrons. The second-order valence-electron chi connectivity index (χ2n) is 8.16. The quantitative estimate of drug-likeness (QED) is 0.749. The lowest BCUT2D eigenvalue weighted by Crippen LogP contribution is -2.33. The molecule has 0 unspecified atom stereocenters. The minimum atomic E-state index is -0.0399. The summed E-state index contributed by atoms with van der Waals surface area (Å²) in [6.45, 7) is 0.506. The van der Waals surface area contributed by atoms with Gasteiger partial charge in [0.25, 0.3) is 11.8 Å². The van der Waals surface area contributed by atoms with Crippen LogP contribution in [0.1, 0.15) is 52.0 Å². The van der Waals surface area contributed by atoms with Crippen LogP contribution in [-0.4, -0.2) is 40.5 Å². The van der Waals surface area contributed by atoms with Gasteiger partial charge in [-0.25, -0.2) is 0 Å². The number of rotatable bonds is 6. The first-order valence-electron chi connectivity index (χ1n) is 10.3. The number of nitrogens with one attached hydrogen (secondary N) is 2. The van der Waals surface area contributed by atoms with Crippen molar-refractivity contribution in [3.8, 4) is 0 Å². The number of nitrogens with zero attached hydrogens (tertiary/aromatic N) is 1. The molecule has 1 aliphatic heterocycles. The molecule has 0 spiro atoms. The van der Waals surface area contributed by atoms with Crippen LogP contribution in [-0.2, 0) is 11.3 Å². The standard InChI is InChI=1S/C23H23N3O3S/c27-21-13-30-20-10-5-16(11-19(20)25-21)23(29)26(18-8-9-18)12-14-1-3-15(4-2-14)22(28)24-17-6-7-17/h1-5,10-11,17-18H,6-9,12-13H2,(H,24,28)(H,25,27). The van der Waals surface area contributed by atoms with E-state index in [1.807, 2.05) is 41.3 Å². The van der Waals surface area contributed by atoms with Crippen LogP contribution in [0.3, 0.4) is 0 Å². The summed E-state index contributed by atoms with van der Waals surface area (Å²) >= 11 is 1.49. The summed E-state index contributed by atoms with van der Waals surface area (Å²) in [4.78, 5) is 40.0. The third-order valence-corrected chi connectivity index (χ3v) is 6.66. The van der Waals surface area contributed by atoms with Gasteiger partial charge in [0.15, 0.2) is 0 Å². The monoisotopic (exact) mass is 421 g/mol. The highest BCUT2D eigenvalue weighted by atomic mass is 32.2. The Labute approximate surface area is 179 Å². The predicted octanol–water partition coefficient (Wildman–Crippen LogP) is 3.43. The molecule has 0 atom stereocenters. The highest BCUT2D eigenvalue weighted by Gasteiger charge is 2.33. The molecular weight excluding hydrogens is 398 g/mol. The van der Waals surface area contributed by atoms with Gasteiger partial charge in [0, 0.05) is 34.7 Å². The largest absolute Gasteiger partial charge is 0.349 e. The summed E-state index contributed by atoms with van der Waals surface area (Å²) in [5.41, 5.74) is 2.95. The Morgan fingerprint density at radius 1 is 1.03 bits per heavy atom. The van der Waals surface area contributed by atoms with Crippen molar-refractivity contribution in [1.82, 2.24) is 10.2 Å². The third kappa shape index (κ3) is 4.21. The predicted molar refractivity (Wildman–Crippen MR) is 116 cm³/mol. The van der Waals surface area contributed by atoms with Crippen molar-refractivity contribution in [1.29, 1.82) is 0 Å². The van der Waals surface area contributed by atoms with Gasteiger partial charge < -0.3 is 15.5 Å². The fourth-order valence-corrected chi connectivity index (χ4v) is 4.38. The summed E-state index contributed by atoms with van der Waals surface area (Å²) in [5.74, 6) is 0.305. The number of anilines is 1. The van der Waals surface area contributed by atoms with Gasteiger partial charge in [-0.2, -0.15) is 0 Å². The molecule has 1 heterocycles. The average molecular weight is 422 g/mol. The van der Waals surface area contributed by atoms with E-state index in [2.05, 4.69) is 10.6 Å². The average Bonchev–Trinajstić information content (AvgIpc) is 3.66. The zero-order valence-corrected chi connectivity index (χ0v) is 17.3. The number of thioether (sulfide) groups is 1. The van der Waals surface area contributed by atoms with Gasteiger partial charge in [-0.15, -0.1) is 11.8 Å². The summed E-state index contributed by atoms with van der Waals surface area (Å²) in [5, 5.41) is 5.85. The maximum atomic E-state index is 13.2. The SMILES string of the molecule is O=C1CSc2ccc(C(=O)N(Cc3ccc(C(=O)NC4CC4)cc3)C3CC3)cc2N1. The molecule has 3 amide bonds. The van der Waals surface area contributed by atoms with Crippen LogP contribution >= 0.6 is 11.8 Å². The normalized spacial score (nSPS) is 17.7. The van der Waals surface area contributed by atoms with Crippen molar-refractivity contribution >= 4 is 35.2 Å². The van der Waals surface area contributed by atoms with E-state index >= 15 is 0 Å². The molecule has 0 saturated heterocycles. The van der Waals surface area contributed by atoms with E-state index in [1.165, 1.54) is 11.8 Å². The van der Waals surface area contributed by atoms with Crippen LogP contribution in [0.2, 0.25) is 0 Å². The van der Waals surface area contributed by atoms with E-state index in [1.54, 1.807) is 6.07 Å². The van der Waals surface area contributed by atoms with Gasteiger partial charge in [-0.3, -0.25) is 14.4 Å². The highest BCUT2D eigenvalue weighted by molar-refractivity contribution is 8.00. The van der Waals surface area contributed by atoms with Crippen molar-refractivity contribution in [2.45, 2.75) is 49.2 Å². The van der Waals surface area contributed by atoms with Crippen molar-refractivity contribution in [3.05, 3.63) is 59.2 Å². The molecule has 0 bridgehead atoms. The molecule has 2 N–H and O–H groups in total. The van der Waals surface area contributed by atoms with Gasteiger partial charge >= 0.3 is 0 Å². The first-order chi connectivity index (χ1) is 14.6. The topological polar surface area (TPSA) is 78.5 Å². The van der Waals surface area contributed by atoms with Crippen LogP contribution in [0, 0.1) is 0 Å². The lowest BCUT2D eigenvalue weighted by molar-refractivity contribution is -0.113. The second-order valence-corrected chi connectivity index (χ2v) is 9.17. The molecule has 2 fully saturated rings. The molecule has 2 saturated carbocycles. The van der Waals surface area contributed by atoms with Gasteiger partial charge in [0.05, 0.1) is 11.4 Å². The summed E-state index contributed by atoms with van der Waals surface area (Å²) in [7, 11) is 0. The maximum absolute atomic E-state index is 13.2. The van der Waals surface area contributed by atoms with E-state index in [0.717, 1.165) is 36.1 Å². The Kier molecular flexibility index (Phi) is 4.98. The summed E-state index contributed by atoms with van der Waals surface area (Å²) in [6, 6.07) is 13.6. The minimum absolute atomic E-state index is 0.0272. The summed E-state index contributed by atoms with van der Waals surface area (Å²) in [6.07, 6.45) is 4.14. The van der Waals surface area contributed by atoms with E-state index in [-0.39, 0.29) is 23.8 Å². The Morgan fingerprint density at radius 2 is 1.77 bits per heavy atom. The second kappa shape index (κ2) is 7.80. The number of fused-ring (bicyclic) bond motifs is 1. The van der Waals surface area contributed by atoms with Crippen LogP contribution in [0.5, 0.6) is 0 Å². The molecule has 0 aromatic heterocycles. The first-order valence-corrected chi connectivity index (χ1v) is 11.3. The molecule has 30 heavy (non-hydrogen) atoms. The Morgan fingerprint density at radius 3 is 2.47 bits per heavy atom. The fraction of sp³-hybridized carbons (Fsp3) is 0.348.